The molecule has 4 rings (SSSR count). The molecule has 0 radical (unpaired) electrons. The molecule has 32 heavy (non-hydrogen) atoms. The molecule has 3 heteroatoms. The lowest BCUT2D eigenvalue weighted by molar-refractivity contribution is -0.136. The van der Waals surface area contributed by atoms with E-state index in [4.69, 9.17) is 0 Å². The molecule has 2 aromatic carbocycles. The first-order valence-corrected chi connectivity index (χ1v) is 11.0. The van der Waals surface area contributed by atoms with Crippen molar-refractivity contribution in [2.75, 3.05) is 0 Å². The van der Waals surface area contributed by atoms with Gasteiger partial charge in [-0.3, -0.25) is 4.79 Å². The molecule has 2 aliphatic carbocycles. The minimum atomic E-state index is -1.49. The van der Waals surface area contributed by atoms with Gasteiger partial charge in [-0.25, -0.2) is 0 Å². The van der Waals surface area contributed by atoms with Crippen LogP contribution in [0.4, 0.5) is 0 Å². The maximum atomic E-state index is 14.1. The zero-order valence-corrected chi connectivity index (χ0v) is 19.0. The number of Topliss-reactive ketones (excluding diaryl/α,β-unsaturated/α-hetero) is 1. The quantitative estimate of drug-likeness (QED) is 0.705. The number of aliphatic hydroxyl groups is 2. The molecule has 0 spiro atoms. The highest BCUT2D eigenvalue weighted by atomic mass is 16.3. The summed E-state index contributed by atoms with van der Waals surface area (Å²) in [7, 11) is 0. The van der Waals surface area contributed by atoms with E-state index in [0.717, 1.165) is 22.3 Å². The molecule has 0 bridgehead atoms. The Bertz CT molecular complexity index is 1090. The van der Waals surface area contributed by atoms with E-state index in [-0.39, 0.29) is 5.78 Å². The van der Waals surface area contributed by atoms with Gasteiger partial charge in [-0.2, -0.15) is 0 Å². The topological polar surface area (TPSA) is 57.5 Å². The van der Waals surface area contributed by atoms with Gasteiger partial charge < -0.3 is 10.2 Å². The van der Waals surface area contributed by atoms with Crippen LogP contribution < -0.4 is 0 Å². The Balaban J connectivity index is 1.83. The normalized spacial score (nSPS) is 29.4. The van der Waals surface area contributed by atoms with Gasteiger partial charge >= 0.3 is 0 Å². The number of aryl methyl sites for hydroxylation is 2. The van der Waals surface area contributed by atoms with Crippen molar-refractivity contribution >= 4 is 5.78 Å². The van der Waals surface area contributed by atoms with Crippen molar-refractivity contribution in [3.05, 3.63) is 118 Å². The molecule has 4 unspecified atom stereocenters. The van der Waals surface area contributed by atoms with Gasteiger partial charge in [0, 0.05) is 0 Å². The van der Waals surface area contributed by atoms with Gasteiger partial charge in [0.1, 0.15) is 11.2 Å². The van der Waals surface area contributed by atoms with Crippen molar-refractivity contribution in [3.8, 4) is 0 Å². The van der Waals surface area contributed by atoms with Crippen LogP contribution in [0.2, 0.25) is 0 Å². The van der Waals surface area contributed by atoms with Crippen LogP contribution >= 0.6 is 0 Å². The number of ketones is 1. The fraction of sp³-hybridized carbons (Fsp3) is 0.276. The highest BCUT2D eigenvalue weighted by Gasteiger charge is 2.49. The summed E-state index contributed by atoms with van der Waals surface area (Å²) in [6, 6.07) is 15.2. The van der Waals surface area contributed by atoms with Crippen molar-refractivity contribution in [2.24, 2.45) is 11.8 Å². The van der Waals surface area contributed by atoms with Crippen molar-refractivity contribution in [3.63, 3.8) is 0 Å². The zero-order valence-electron chi connectivity index (χ0n) is 19.0. The largest absolute Gasteiger partial charge is 0.380 e. The summed E-state index contributed by atoms with van der Waals surface area (Å²) in [6.07, 6.45) is 10.8. The molecule has 164 valence electrons. The Kier molecular flexibility index (Phi) is 5.66. The van der Waals surface area contributed by atoms with Crippen LogP contribution in [-0.4, -0.2) is 16.0 Å². The summed E-state index contributed by atoms with van der Waals surface area (Å²) in [6.45, 7) is 7.70. The van der Waals surface area contributed by atoms with Crippen LogP contribution in [0.5, 0.6) is 0 Å². The molecule has 0 heterocycles. The second-order valence-electron chi connectivity index (χ2n) is 9.13. The first kappa shape index (κ1) is 22.2. The van der Waals surface area contributed by atoms with Crippen LogP contribution in [0.1, 0.15) is 36.1 Å². The smallest absolute Gasteiger partial charge is 0.153 e. The molecular formula is C29H30O3. The van der Waals surface area contributed by atoms with Crippen LogP contribution in [0.25, 0.3) is 0 Å². The van der Waals surface area contributed by atoms with Gasteiger partial charge in [-0.05, 0) is 62.1 Å². The Morgan fingerprint density at radius 2 is 1.06 bits per heavy atom. The molecule has 2 N–H and O–H groups in total. The van der Waals surface area contributed by atoms with E-state index >= 15 is 0 Å². The van der Waals surface area contributed by atoms with Gasteiger partial charge in [-0.1, -0.05) is 84.0 Å². The molecule has 0 aromatic heterocycles. The van der Waals surface area contributed by atoms with Crippen molar-refractivity contribution in [2.45, 2.75) is 38.9 Å². The summed E-state index contributed by atoms with van der Waals surface area (Å²) < 4.78 is 0. The Morgan fingerprint density at radius 1 is 0.688 bits per heavy atom. The maximum Gasteiger partial charge on any atom is 0.153 e. The molecule has 0 aliphatic heterocycles. The molecule has 4 atom stereocenters. The van der Waals surface area contributed by atoms with Crippen LogP contribution in [0.3, 0.4) is 0 Å². The summed E-state index contributed by atoms with van der Waals surface area (Å²) in [5.41, 5.74) is 2.04. The Morgan fingerprint density at radius 3 is 1.44 bits per heavy atom. The maximum absolute atomic E-state index is 14.1. The number of benzene rings is 2. The molecule has 0 fully saturated rings. The third kappa shape index (κ3) is 3.62. The second kappa shape index (κ2) is 8.16. The third-order valence-electron chi connectivity index (χ3n) is 6.71. The third-order valence-corrected chi connectivity index (χ3v) is 6.71. The lowest BCUT2D eigenvalue weighted by Crippen LogP contribution is -2.47. The Hall–Kier alpha value is -3.01. The van der Waals surface area contributed by atoms with E-state index < -0.39 is 23.0 Å². The minimum Gasteiger partial charge on any atom is -0.380 e. The highest BCUT2D eigenvalue weighted by molar-refractivity contribution is 5.91. The van der Waals surface area contributed by atoms with Crippen molar-refractivity contribution < 1.29 is 15.0 Å². The second-order valence-corrected chi connectivity index (χ2v) is 9.13. The standard InChI is InChI=1S/C29H30O3/c1-19-13-15-25(28(31,17-19)23-11-7-5-9-21(23)3)27(30)26-16-14-20(2)18-29(26,32)24-12-8-6-10-22(24)4/h5-18,25-26,31-32H,1-4H3. The van der Waals surface area contributed by atoms with Gasteiger partial charge in [0.25, 0.3) is 0 Å². The first-order chi connectivity index (χ1) is 15.2. The molecule has 2 aliphatic rings. The van der Waals surface area contributed by atoms with Gasteiger partial charge in [0.2, 0.25) is 0 Å². The monoisotopic (exact) mass is 426 g/mol. The first-order valence-electron chi connectivity index (χ1n) is 11.0. The van der Waals surface area contributed by atoms with Crippen LogP contribution in [-0.2, 0) is 16.0 Å². The van der Waals surface area contributed by atoms with Gasteiger partial charge in [-0.15, -0.1) is 0 Å². The minimum absolute atomic E-state index is 0.221. The lowest BCUT2D eigenvalue weighted by atomic mass is 9.66. The zero-order chi connectivity index (χ0) is 23.1. The predicted molar refractivity (Wildman–Crippen MR) is 128 cm³/mol. The Labute approximate surface area is 190 Å². The van der Waals surface area contributed by atoms with Crippen LogP contribution in [0.15, 0.2) is 96.1 Å². The van der Waals surface area contributed by atoms with E-state index in [1.807, 2.05) is 88.4 Å². The molecule has 2 aromatic rings. The predicted octanol–water partition coefficient (Wildman–Crippen LogP) is 5.21. The summed E-state index contributed by atoms with van der Waals surface area (Å²) in [4.78, 5) is 14.1. The number of rotatable bonds is 4. The number of carbonyl (C=O) groups excluding carboxylic acids is 1. The molecule has 3 nitrogen and oxygen atoms in total. The van der Waals surface area contributed by atoms with Gasteiger partial charge in [0.15, 0.2) is 5.78 Å². The SMILES string of the molecule is CC1=CC(O)(c2ccccc2C)C(C(=O)C2C=CC(C)=CC2(O)c2ccccc2C)C=C1. The van der Waals surface area contributed by atoms with Gasteiger partial charge in [0.05, 0.1) is 11.8 Å². The summed E-state index contributed by atoms with van der Waals surface area (Å²) in [5, 5.41) is 23.9. The van der Waals surface area contributed by atoms with Crippen LogP contribution in [0, 0.1) is 25.7 Å². The number of hydrogen-bond acceptors (Lipinski definition) is 3. The number of hydrogen-bond donors (Lipinski definition) is 2. The van der Waals surface area contributed by atoms with Crippen molar-refractivity contribution in [1.29, 1.82) is 0 Å². The van der Waals surface area contributed by atoms with E-state index in [1.54, 1.807) is 24.3 Å². The number of carbonyl (C=O) groups is 1. The van der Waals surface area contributed by atoms with E-state index in [2.05, 4.69) is 0 Å². The lowest BCUT2D eigenvalue weighted by Gasteiger charge is -2.41. The summed E-state index contributed by atoms with van der Waals surface area (Å²) in [5.74, 6) is -1.88. The van der Waals surface area contributed by atoms with Crippen molar-refractivity contribution in [1.82, 2.24) is 0 Å². The summed E-state index contributed by atoms with van der Waals surface area (Å²) >= 11 is 0. The van der Waals surface area contributed by atoms with E-state index in [1.165, 1.54) is 0 Å². The average Bonchev–Trinajstić information content (AvgIpc) is 2.73. The fourth-order valence-corrected chi connectivity index (χ4v) is 5.11. The molecular weight excluding hydrogens is 396 g/mol. The van der Waals surface area contributed by atoms with E-state index in [9.17, 15) is 15.0 Å². The molecule has 0 amide bonds. The highest BCUT2D eigenvalue weighted by Crippen LogP contribution is 2.45. The molecule has 0 saturated carbocycles. The molecule has 0 saturated heterocycles. The average molecular weight is 427 g/mol. The fourth-order valence-electron chi connectivity index (χ4n) is 5.11. The number of allylic oxidation sites excluding steroid dienone is 4. The van der Waals surface area contributed by atoms with E-state index in [0.29, 0.717) is 11.1 Å².